The number of methoxy groups -OCH3 is 1. The van der Waals surface area contributed by atoms with Crippen molar-refractivity contribution in [1.82, 2.24) is 9.80 Å². The number of rotatable bonds is 4. The molecule has 0 atom stereocenters. The maximum Gasteiger partial charge on any atom is 0.257 e. The van der Waals surface area contributed by atoms with E-state index in [1.54, 1.807) is 7.11 Å². The first-order valence-electron chi connectivity index (χ1n) is 10.5. The van der Waals surface area contributed by atoms with Crippen LogP contribution in [0.25, 0.3) is 10.8 Å². The number of carbonyl (C=O) groups excluding carboxylic acids is 1. The van der Waals surface area contributed by atoms with Gasteiger partial charge in [0.2, 0.25) is 0 Å². The molecular formula is C25H26N2O3. The van der Waals surface area contributed by atoms with Crippen molar-refractivity contribution >= 4 is 16.7 Å². The van der Waals surface area contributed by atoms with E-state index >= 15 is 0 Å². The minimum Gasteiger partial charge on any atom is -0.496 e. The van der Waals surface area contributed by atoms with Crippen molar-refractivity contribution in [1.29, 1.82) is 0 Å². The summed E-state index contributed by atoms with van der Waals surface area (Å²) < 4.78 is 11.1. The standard InChI is InChI=1S/C25H26N2O3/c1-29-24-16-20-5-3-2-4-19(20)15-22(24)25(28)27-11-9-26(10-12-27)17-18-6-7-23-21(14-18)8-13-30-23/h2-7,14-16H,8-13,17H2,1H3. The lowest BCUT2D eigenvalue weighted by Gasteiger charge is -2.35. The molecule has 0 N–H and O–H groups in total. The lowest BCUT2D eigenvalue weighted by molar-refractivity contribution is 0.0625. The second kappa shape index (κ2) is 8.00. The fourth-order valence-electron chi connectivity index (χ4n) is 4.43. The van der Waals surface area contributed by atoms with Crippen molar-refractivity contribution in [3.8, 4) is 11.5 Å². The second-order valence-corrected chi connectivity index (χ2v) is 8.01. The lowest BCUT2D eigenvalue weighted by Crippen LogP contribution is -2.48. The van der Waals surface area contributed by atoms with Crippen molar-refractivity contribution < 1.29 is 14.3 Å². The number of benzene rings is 3. The maximum atomic E-state index is 13.2. The molecule has 1 saturated heterocycles. The van der Waals surface area contributed by atoms with Crippen molar-refractivity contribution in [2.24, 2.45) is 0 Å². The third kappa shape index (κ3) is 3.61. The van der Waals surface area contributed by atoms with Gasteiger partial charge in [0.1, 0.15) is 11.5 Å². The molecule has 1 amide bonds. The molecule has 5 heteroatoms. The Morgan fingerprint density at radius 2 is 1.77 bits per heavy atom. The average molecular weight is 402 g/mol. The van der Waals surface area contributed by atoms with Gasteiger partial charge in [-0.3, -0.25) is 9.69 Å². The van der Waals surface area contributed by atoms with Crippen LogP contribution in [-0.2, 0) is 13.0 Å². The Morgan fingerprint density at radius 3 is 2.53 bits per heavy atom. The molecule has 0 bridgehead atoms. The largest absolute Gasteiger partial charge is 0.496 e. The van der Waals surface area contributed by atoms with Crippen LogP contribution in [0.1, 0.15) is 21.5 Å². The van der Waals surface area contributed by atoms with E-state index in [0.717, 1.165) is 62.3 Å². The van der Waals surface area contributed by atoms with Gasteiger partial charge in [0, 0.05) is 39.1 Å². The first-order chi connectivity index (χ1) is 14.7. The van der Waals surface area contributed by atoms with Gasteiger partial charge in [-0.2, -0.15) is 0 Å². The first kappa shape index (κ1) is 18.9. The van der Waals surface area contributed by atoms with Crippen LogP contribution in [0.15, 0.2) is 54.6 Å². The molecule has 0 radical (unpaired) electrons. The van der Waals surface area contributed by atoms with Gasteiger partial charge in [-0.15, -0.1) is 0 Å². The zero-order valence-electron chi connectivity index (χ0n) is 17.3. The Morgan fingerprint density at radius 1 is 1.00 bits per heavy atom. The Bertz CT molecular complexity index is 1090. The zero-order valence-corrected chi connectivity index (χ0v) is 17.3. The molecule has 2 aliphatic heterocycles. The van der Waals surface area contributed by atoms with Crippen molar-refractivity contribution in [3.63, 3.8) is 0 Å². The highest BCUT2D eigenvalue weighted by molar-refractivity contribution is 6.01. The van der Waals surface area contributed by atoms with Gasteiger partial charge >= 0.3 is 0 Å². The Hall–Kier alpha value is -3.05. The van der Waals surface area contributed by atoms with Gasteiger partial charge in [0.25, 0.3) is 5.91 Å². The summed E-state index contributed by atoms with van der Waals surface area (Å²) in [6, 6.07) is 18.5. The van der Waals surface area contributed by atoms with Crippen LogP contribution in [-0.4, -0.2) is 55.6 Å². The van der Waals surface area contributed by atoms with Crippen molar-refractivity contribution in [2.75, 3.05) is 39.9 Å². The van der Waals surface area contributed by atoms with E-state index < -0.39 is 0 Å². The summed E-state index contributed by atoms with van der Waals surface area (Å²) in [6.45, 7) is 4.89. The first-order valence-corrected chi connectivity index (χ1v) is 10.5. The molecule has 3 aromatic rings. The summed E-state index contributed by atoms with van der Waals surface area (Å²) >= 11 is 0. The molecule has 0 aromatic heterocycles. The highest BCUT2D eigenvalue weighted by Crippen LogP contribution is 2.28. The molecule has 0 spiro atoms. The summed E-state index contributed by atoms with van der Waals surface area (Å²) in [7, 11) is 1.63. The van der Waals surface area contributed by atoms with Gasteiger partial charge in [0.05, 0.1) is 19.3 Å². The molecule has 0 unspecified atom stereocenters. The fraction of sp³-hybridized carbons (Fsp3) is 0.320. The van der Waals surface area contributed by atoms with Crippen LogP contribution >= 0.6 is 0 Å². The molecule has 2 aliphatic rings. The Balaban J connectivity index is 1.26. The zero-order chi connectivity index (χ0) is 20.5. The summed E-state index contributed by atoms with van der Waals surface area (Å²) in [6.07, 6.45) is 0.999. The fourth-order valence-corrected chi connectivity index (χ4v) is 4.43. The van der Waals surface area contributed by atoms with Gasteiger partial charge < -0.3 is 14.4 Å². The summed E-state index contributed by atoms with van der Waals surface area (Å²) in [5.41, 5.74) is 3.27. The average Bonchev–Trinajstić information content (AvgIpc) is 3.26. The number of amides is 1. The van der Waals surface area contributed by atoms with Gasteiger partial charge in [-0.1, -0.05) is 36.4 Å². The van der Waals surface area contributed by atoms with E-state index in [9.17, 15) is 4.79 Å². The van der Waals surface area contributed by atoms with E-state index in [1.165, 1.54) is 11.1 Å². The number of nitrogens with zero attached hydrogens (tertiary/aromatic N) is 2. The topological polar surface area (TPSA) is 42.0 Å². The van der Waals surface area contributed by atoms with E-state index in [0.29, 0.717) is 11.3 Å². The third-order valence-corrected chi connectivity index (χ3v) is 6.12. The normalized spacial score (nSPS) is 16.4. The van der Waals surface area contributed by atoms with Crippen LogP contribution in [0.3, 0.4) is 0 Å². The molecule has 0 aliphatic carbocycles. The van der Waals surface area contributed by atoms with Crippen LogP contribution in [0, 0.1) is 0 Å². The Kier molecular flexibility index (Phi) is 5.05. The summed E-state index contributed by atoms with van der Waals surface area (Å²) in [5.74, 6) is 1.71. The van der Waals surface area contributed by atoms with Gasteiger partial charge in [0.15, 0.2) is 0 Å². The number of ether oxygens (including phenoxy) is 2. The number of piperazine rings is 1. The molecule has 5 rings (SSSR count). The van der Waals surface area contributed by atoms with Gasteiger partial charge in [-0.05, 0) is 40.1 Å². The van der Waals surface area contributed by atoms with Crippen molar-refractivity contribution in [3.05, 3.63) is 71.3 Å². The summed E-state index contributed by atoms with van der Waals surface area (Å²) in [4.78, 5) is 17.6. The van der Waals surface area contributed by atoms with Crippen LogP contribution < -0.4 is 9.47 Å². The molecule has 30 heavy (non-hydrogen) atoms. The highest BCUT2D eigenvalue weighted by Gasteiger charge is 2.25. The maximum absolute atomic E-state index is 13.2. The molecule has 2 heterocycles. The molecular weight excluding hydrogens is 376 g/mol. The van der Waals surface area contributed by atoms with Crippen LogP contribution in [0.4, 0.5) is 0 Å². The smallest absolute Gasteiger partial charge is 0.257 e. The molecule has 3 aromatic carbocycles. The predicted octanol–water partition coefficient (Wildman–Crippen LogP) is 3.74. The molecule has 1 fully saturated rings. The minimum absolute atomic E-state index is 0.0481. The quantitative estimate of drug-likeness (QED) is 0.667. The second-order valence-electron chi connectivity index (χ2n) is 8.01. The Labute approximate surface area is 176 Å². The molecule has 154 valence electrons. The number of hydrogen-bond donors (Lipinski definition) is 0. The van der Waals surface area contributed by atoms with E-state index in [4.69, 9.17) is 9.47 Å². The predicted molar refractivity (Wildman–Crippen MR) is 117 cm³/mol. The van der Waals surface area contributed by atoms with Crippen LogP contribution in [0.5, 0.6) is 11.5 Å². The molecule has 5 nitrogen and oxygen atoms in total. The number of hydrogen-bond acceptors (Lipinski definition) is 4. The van der Waals surface area contributed by atoms with Crippen LogP contribution in [0.2, 0.25) is 0 Å². The van der Waals surface area contributed by atoms with E-state index in [2.05, 4.69) is 23.1 Å². The SMILES string of the molecule is COc1cc2ccccc2cc1C(=O)N1CCN(Cc2ccc3c(c2)CCO3)CC1. The van der Waals surface area contributed by atoms with E-state index in [1.807, 2.05) is 41.3 Å². The lowest BCUT2D eigenvalue weighted by atomic mass is 10.0. The van der Waals surface area contributed by atoms with E-state index in [-0.39, 0.29) is 5.91 Å². The van der Waals surface area contributed by atoms with Gasteiger partial charge in [-0.25, -0.2) is 0 Å². The van der Waals surface area contributed by atoms with Crippen molar-refractivity contribution in [2.45, 2.75) is 13.0 Å². The highest BCUT2D eigenvalue weighted by atomic mass is 16.5. The summed E-state index contributed by atoms with van der Waals surface area (Å²) in [5, 5.41) is 2.14. The monoisotopic (exact) mass is 402 g/mol. The molecule has 0 saturated carbocycles. The number of fused-ring (bicyclic) bond motifs is 2. The third-order valence-electron chi connectivity index (χ3n) is 6.12. The minimum atomic E-state index is 0.0481. The number of carbonyl (C=O) groups is 1.